The molecule has 0 atom stereocenters. The maximum Gasteiger partial charge on any atom is -0.0414 e. The van der Waals surface area contributed by atoms with Crippen molar-refractivity contribution >= 4 is 0 Å². The van der Waals surface area contributed by atoms with Crippen molar-refractivity contribution in [3.63, 3.8) is 0 Å². The predicted molar refractivity (Wildman–Crippen MR) is 73.4 cm³/mol. The molecule has 0 N–H and O–H groups in total. The fourth-order valence-corrected chi connectivity index (χ4v) is 2.51. The fraction of sp³-hybridized carbons (Fsp3) is 1.00. The van der Waals surface area contributed by atoms with Crippen LogP contribution in [-0.2, 0) is 0 Å². The summed E-state index contributed by atoms with van der Waals surface area (Å²) in [4.78, 5) is 0. The van der Waals surface area contributed by atoms with Crippen LogP contribution < -0.4 is 0 Å². The lowest BCUT2D eigenvalue weighted by molar-refractivity contribution is 0.328. The highest BCUT2D eigenvalue weighted by molar-refractivity contribution is 4.65. The van der Waals surface area contributed by atoms with Gasteiger partial charge in [-0.05, 0) is 5.92 Å². The second-order valence-corrected chi connectivity index (χ2v) is 4.71. The molecule has 1 aliphatic carbocycles. The van der Waals surface area contributed by atoms with Crippen LogP contribution in [-0.4, -0.2) is 0 Å². The standard InChI is InChI=1S/C13H26.2CH4/c1-2-3-4-5-7-10-13-11-8-6-9-12-13;;/h13H,2-12H2,1H3;2*1H4. The molecular formula is C15H34. The van der Waals surface area contributed by atoms with Crippen LogP contribution in [0.5, 0.6) is 0 Å². The molecular weight excluding hydrogens is 180 g/mol. The van der Waals surface area contributed by atoms with E-state index in [1.807, 2.05) is 0 Å². The minimum atomic E-state index is 0. The maximum atomic E-state index is 2.29. The molecule has 1 saturated carbocycles. The van der Waals surface area contributed by atoms with Crippen LogP contribution in [0.4, 0.5) is 0 Å². The van der Waals surface area contributed by atoms with Gasteiger partial charge in [-0.1, -0.05) is 92.4 Å². The van der Waals surface area contributed by atoms with E-state index in [1.54, 1.807) is 0 Å². The molecule has 0 nitrogen and oxygen atoms in total. The van der Waals surface area contributed by atoms with E-state index in [0.29, 0.717) is 0 Å². The van der Waals surface area contributed by atoms with Crippen molar-refractivity contribution in [2.75, 3.05) is 0 Å². The van der Waals surface area contributed by atoms with E-state index in [0.717, 1.165) is 5.92 Å². The third-order valence-electron chi connectivity index (χ3n) is 3.44. The van der Waals surface area contributed by atoms with E-state index in [2.05, 4.69) is 6.92 Å². The van der Waals surface area contributed by atoms with Crippen molar-refractivity contribution in [3.8, 4) is 0 Å². The molecule has 94 valence electrons. The van der Waals surface area contributed by atoms with Crippen molar-refractivity contribution in [1.82, 2.24) is 0 Å². The first kappa shape index (κ1) is 17.4. The van der Waals surface area contributed by atoms with E-state index < -0.39 is 0 Å². The molecule has 1 rings (SSSR count). The third kappa shape index (κ3) is 8.96. The summed E-state index contributed by atoms with van der Waals surface area (Å²) in [5.74, 6) is 1.11. The van der Waals surface area contributed by atoms with Gasteiger partial charge in [0, 0.05) is 0 Å². The van der Waals surface area contributed by atoms with Crippen LogP contribution >= 0.6 is 0 Å². The smallest absolute Gasteiger partial charge is 0.0414 e. The highest BCUT2D eigenvalue weighted by Gasteiger charge is 2.12. The molecule has 0 heterocycles. The van der Waals surface area contributed by atoms with Gasteiger partial charge in [0.2, 0.25) is 0 Å². The number of hydrogen-bond donors (Lipinski definition) is 0. The Labute approximate surface area is 98.9 Å². The van der Waals surface area contributed by atoms with Gasteiger partial charge >= 0.3 is 0 Å². The van der Waals surface area contributed by atoms with Crippen LogP contribution in [0, 0.1) is 5.92 Å². The second kappa shape index (κ2) is 12.1. The van der Waals surface area contributed by atoms with Crippen molar-refractivity contribution in [3.05, 3.63) is 0 Å². The summed E-state index contributed by atoms with van der Waals surface area (Å²) in [7, 11) is 0. The lowest BCUT2D eigenvalue weighted by Crippen LogP contribution is -2.05. The maximum absolute atomic E-state index is 2.29. The highest BCUT2D eigenvalue weighted by atomic mass is 14.2. The van der Waals surface area contributed by atoms with Crippen molar-refractivity contribution in [2.45, 2.75) is 92.4 Å². The van der Waals surface area contributed by atoms with E-state index in [9.17, 15) is 0 Å². The number of hydrogen-bond acceptors (Lipinski definition) is 0. The van der Waals surface area contributed by atoms with Gasteiger partial charge in [0.1, 0.15) is 0 Å². The molecule has 0 aliphatic heterocycles. The molecule has 0 spiro atoms. The Morgan fingerprint density at radius 3 is 2.00 bits per heavy atom. The topological polar surface area (TPSA) is 0 Å². The summed E-state index contributed by atoms with van der Waals surface area (Å²) >= 11 is 0. The molecule has 0 saturated heterocycles. The van der Waals surface area contributed by atoms with Gasteiger partial charge in [-0.3, -0.25) is 0 Å². The summed E-state index contributed by atoms with van der Waals surface area (Å²) in [6.07, 6.45) is 16.4. The highest BCUT2D eigenvalue weighted by Crippen LogP contribution is 2.27. The molecule has 0 unspecified atom stereocenters. The van der Waals surface area contributed by atoms with Gasteiger partial charge in [0.15, 0.2) is 0 Å². The SMILES string of the molecule is C.C.CCCCCCCC1CCCCC1. The average Bonchev–Trinajstić information content (AvgIpc) is 2.19. The predicted octanol–water partition coefficient (Wildman–Crippen LogP) is 6.20. The van der Waals surface area contributed by atoms with Crippen LogP contribution in [0.3, 0.4) is 0 Å². The molecule has 0 bridgehead atoms. The molecule has 0 aromatic heterocycles. The summed E-state index contributed by atoms with van der Waals surface area (Å²) in [5.41, 5.74) is 0. The Morgan fingerprint density at radius 1 is 0.800 bits per heavy atom. The van der Waals surface area contributed by atoms with Crippen LogP contribution in [0.1, 0.15) is 92.4 Å². The molecule has 15 heavy (non-hydrogen) atoms. The van der Waals surface area contributed by atoms with E-state index >= 15 is 0 Å². The van der Waals surface area contributed by atoms with Crippen molar-refractivity contribution < 1.29 is 0 Å². The average molecular weight is 214 g/mol. The third-order valence-corrected chi connectivity index (χ3v) is 3.44. The normalized spacial score (nSPS) is 16.6. The van der Waals surface area contributed by atoms with Gasteiger partial charge in [0.05, 0.1) is 0 Å². The van der Waals surface area contributed by atoms with Crippen molar-refractivity contribution in [2.24, 2.45) is 5.92 Å². The van der Waals surface area contributed by atoms with Crippen LogP contribution in [0.2, 0.25) is 0 Å². The summed E-state index contributed by atoms with van der Waals surface area (Å²) < 4.78 is 0. The van der Waals surface area contributed by atoms with E-state index in [1.165, 1.54) is 70.6 Å². The first-order chi connectivity index (χ1) is 6.43. The Kier molecular flexibility index (Phi) is 14.0. The van der Waals surface area contributed by atoms with Gasteiger partial charge in [-0.15, -0.1) is 0 Å². The minimum absolute atomic E-state index is 0. The summed E-state index contributed by atoms with van der Waals surface area (Å²) in [6, 6.07) is 0. The lowest BCUT2D eigenvalue weighted by Gasteiger charge is -2.21. The Bertz CT molecular complexity index is 101. The summed E-state index contributed by atoms with van der Waals surface area (Å²) in [5, 5.41) is 0. The van der Waals surface area contributed by atoms with Crippen molar-refractivity contribution in [1.29, 1.82) is 0 Å². The van der Waals surface area contributed by atoms with Gasteiger partial charge in [-0.25, -0.2) is 0 Å². The molecule has 0 amide bonds. The number of rotatable bonds is 6. The van der Waals surface area contributed by atoms with Gasteiger partial charge in [-0.2, -0.15) is 0 Å². The molecule has 0 heteroatoms. The zero-order valence-corrected chi connectivity index (χ0v) is 9.36. The zero-order valence-electron chi connectivity index (χ0n) is 9.36. The molecule has 1 aliphatic rings. The minimum Gasteiger partial charge on any atom is -0.0776 e. The quantitative estimate of drug-likeness (QED) is 0.462. The molecule has 0 aromatic carbocycles. The first-order valence-electron chi connectivity index (χ1n) is 6.43. The molecule has 1 fully saturated rings. The largest absolute Gasteiger partial charge is 0.0776 e. The Hall–Kier alpha value is 0. The lowest BCUT2D eigenvalue weighted by atomic mass is 9.85. The summed E-state index contributed by atoms with van der Waals surface area (Å²) in [6.45, 7) is 2.29. The first-order valence-corrected chi connectivity index (χ1v) is 6.43. The monoisotopic (exact) mass is 214 g/mol. The van der Waals surface area contributed by atoms with Gasteiger partial charge < -0.3 is 0 Å². The fourth-order valence-electron chi connectivity index (χ4n) is 2.51. The van der Waals surface area contributed by atoms with E-state index in [-0.39, 0.29) is 14.9 Å². The van der Waals surface area contributed by atoms with Gasteiger partial charge in [0.25, 0.3) is 0 Å². The zero-order chi connectivity index (χ0) is 9.36. The van der Waals surface area contributed by atoms with Crippen LogP contribution in [0.15, 0.2) is 0 Å². The van der Waals surface area contributed by atoms with Crippen LogP contribution in [0.25, 0.3) is 0 Å². The van der Waals surface area contributed by atoms with E-state index in [4.69, 9.17) is 0 Å². The Morgan fingerprint density at radius 2 is 1.40 bits per heavy atom. The molecule has 0 aromatic rings. The molecule has 0 radical (unpaired) electrons. The second-order valence-electron chi connectivity index (χ2n) is 4.71. The Balaban J connectivity index is 0. The number of unbranched alkanes of at least 4 members (excludes halogenated alkanes) is 4.